The summed E-state index contributed by atoms with van der Waals surface area (Å²) in [4.78, 5) is 21.8. The topological polar surface area (TPSA) is 89.3 Å². The fourth-order valence-corrected chi connectivity index (χ4v) is 1.90. The van der Waals surface area contributed by atoms with Gasteiger partial charge in [0.15, 0.2) is 5.71 Å². The lowest BCUT2D eigenvalue weighted by Gasteiger charge is -2.10. The number of hydrogen-bond acceptors (Lipinski definition) is 6. The molecule has 0 aliphatic heterocycles. The second-order valence-corrected chi connectivity index (χ2v) is 4.91. The first-order chi connectivity index (χ1) is 10.1. The van der Waals surface area contributed by atoms with Crippen LogP contribution in [-0.4, -0.2) is 35.4 Å². The Bertz CT molecular complexity index is 572. The zero-order valence-corrected chi connectivity index (χ0v) is 12.8. The fourth-order valence-electron chi connectivity index (χ4n) is 1.54. The molecule has 1 amide bonds. The van der Waals surface area contributed by atoms with Crippen molar-refractivity contribution in [3.8, 4) is 0 Å². The Labute approximate surface area is 125 Å². The molecule has 1 N–H and O–H groups in total. The van der Waals surface area contributed by atoms with E-state index in [1.807, 2.05) is 0 Å². The SMILES string of the molecule is C/C=N\OCc1ccccc1/C(=N\OC)C(=O)NS(C)=O. The van der Waals surface area contributed by atoms with Crippen LogP contribution in [0.5, 0.6) is 0 Å². The quantitative estimate of drug-likeness (QED) is 0.600. The van der Waals surface area contributed by atoms with E-state index in [0.717, 1.165) is 0 Å². The Hall–Kier alpha value is -2.22. The van der Waals surface area contributed by atoms with Crippen molar-refractivity contribution in [1.29, 1.82) is 0 Å². The number of rotatable bonds is 7. The third-order valence-electron chi connectivity index (χ3n) is 2.31. The monoisotopic (exact) mass is 311 g/mol. The van der Waals surface area contributed by atoms with E-state index in [9.17, 15) is 9.00 Å². The summed E-state index contributed by atoms with van der Waals surface area (Å²) in [6.07, 6.45) is 2.87. The van der Waals surface area contributed by atoms with Gasteiger partial charge < -0.3 is 9.68 Å². The molecule has 114 valence electrons. The van der Waals surface area contributed by atoms with Crippen molar-refractivity contribution in [1.82, 2.24) is 4.72 Å². The molecule has 0 bridgehead atoms. The molecule has 0 radical (unpaired) electrons. The number of nitrogens with one attached hydrogen (secondary N) is 1. The summed E-state index contributed by atoms with van der Waals surface area (Å²) in [6, 6.07) is 7.04. The molecule has 1 rings (SSSR count). The minimum Gasteiger partial charge on any atom is -0.398 e. The van der Waals surface area contributed by atoms with E-state index < -0.39 is 16.9 Å². The predicted octanol–water partition coefficient (Wildman–Crippen LogP) is 0.969. The molecule has 8 heteroatoms. The van der Waals surface area contributed by atoms with Gasteiger partial charge in [-0.05, 0) is 6.92 Å². The number of amides is 1. The molecule has 21 heavy (non-hydrogen) atoms. The van der Waals surface area contributed by atoms with Crippen LogP contribution in [0.4, 0.5) is 0 Å². The van der Waals surface area contributed by atoms with E-state index in [1.165, 1.54) is 19.6 Å². The van der Waals surface area contributed by atoms with Gasteiger partial charge in [-0.1, -0.05) is 34.6 Å². The van der Waals surface area contributed by atoms with Crippen molar-refractivity contribution in [2.45, 2.75) is 13.5 Å². The maximum absolute atomic E-state index is 12.0. The van der Waals surface area contributed by atoms with Crippen molar-refractivity contribution < 1.29 is 18.7 Å². The third-order valence-corrected chi connectivity index (χ3v) is 2.78. The van der Waals surface area contributed by atoms with E-state index in [0.29, 0.717) is 11.1 Å². The maximum atomic E-state index is 12.0. The van der Waals surface area contributed by atoms with Crippen molar-refractivity contribution >= 4 is 28.8 Å². The number of nitrogens with zero attached hydrogens (tertiary/aromatic N) is 2. The number of benzene rings is 1. The van der Waals surface area contributed by atoms with Crippen LogP contribution in [0.3, 0.4) is 0 Å². The summed E-state index contributed by atoms with van der Waals surface area (Å²) in [5.74, 6) is -0.593. The molecule has 0 aliphatic rings. The van der Waals surface area contributed by atoms with Crippen molar-refractivity contribution in [2.24, 2.45) is 10.3 Å². The fraction of sp³-hybridized carbons (Fsp3) is 0.308. The average Bonchev–Trinajstić information content (AvgIpc) is 2.45. The first-order valence-corrected chi connectivity index (χ1v) is 7.59. The van der Waals surface area contributed by atoms with Gasteiger partial charge in [-0.3, -0.25) is 9.52 Å². The first kappa shape index (κ1) is 16.8. The van der Waals surface area contributed by atoms with E-state index in [4.69, 9.17) is 9.68 Å². The maximum Gasteiger partial charge on any atom is 0.285 e. The number of carbonyl (C=O) groups is 1. The second kappa shape index (κ2) is 8.85. The number of oxime groups is 2. The van der Waals surface area contributed by atoms with Crippen molar-refractivity contribution in [2.75, 3.05) is 13.4 Å². The summed E-state index contributed by atoms with van der Waals surface area (Å²) >= 11 is 0. The third kappa shape index (κ3) is 5.35. The summed E-state index contributed by atoms with van der Waals surface area (Å²) in [6.45, 7) is 1.90. The minimum absolute atomic E-state index is 0.0207. The zero-order valence-electron chi connectivity index (χ0n) is 12.0. The van der Waals surface area contributed by atoms with Crippen LogP contribution in [-0.2, 0) is 32.1 Å². The van der Waals surface area contributed by atoms with Crippen molar-refractivity contribution in [3.63, 3.8) is 0 Å². The first-order valence-electron chi connectivity index (χ1n) is 6.04. The molecule has 1 unspecified atom stereocenters. The number of hydrogen-bond donors (Lipinski definition) is 1. The van der Waals surface area contributed by atoms with Gasteiger partial charge in [-0.15, -0.1) is 0 Å². The van der Waals surface area contributed by atoms with E-state index in [1.54, 1.807) is 31.2 Å². The van der Waals surface area contributed by atoms with Crippen LogP contribution in [0.15, 0.2) is 34.6 Å². The molecular formula is C13H17N3O4S. The Kier molecular flexibility index (Phi) is 7.10. The minimum atomic E-state index is -1.50. The highest BCUT2D eigenvalue weighted by atomic mass is 32.2. The second-order valence-electron chi connectivity index (χ2n) is 3.80. The summed E-state index contributed by atoms with van der Waals surface area (Å²) < 4.78 is 13.4. The molecule has 0 aliphatic carbocycles. The molecule has 1 aromatic rings. The molecule has 0 saturated heterocycles. The van der Waals surface area contributed by atoms with Gasteiger partial charge in [-0.2, -0.15) is 0 Å². The summed E-state index contributed by atoms with van der Waals surface area (Å²) in [5, 5.41) is 7.37. The van der Waals surface area contributed by atoms with E-state index in [-0.39, 0.29) is 12.3 Å². The Morgan fingerprint density at radius 2 is 2.14 bits per heavy atom. The normalized spacial score (nSPS) is 13.0. The Morgan fingerprint density at radius 1 is 1.43 bits per heavy atom. The van der Waals surface area contributed by atoms with Crippen LogP contribution in [0.25, 0.3) is 0 Å². The Morgan fingerprint density at radius 3 is 2.76 bits per heavy atom. The molecule has 1 atom stereocenters. The van der Waals surface area contributed by atoms with Gasteiger partial charge in [0, 0.05) is 23.6 Å². The molecule has 0 spiro atoms. The van der Waals surface area contributed by atoms with Crippen LogP contribution in [0.1, 0.15) is 18.1 Å². The molecule has 0 fully saturated rings. The lowest BCUT2D eigenvalue weighted by molar-refractivity contribution is -0.113. The van der Waals surface area contributed by atoms with Gasteiger partial charge >= 0.3 is 0 Å². The van der Waals surface area contributed by atoms with E-state index in [2.05, 4.69) is 15.0 Å². The van der Waals surface area contributed by atoms with Gasteiger partial charge in [0.1, 0.15) is 24.7 Å². The van der Waals surface area contributed by atoms with Crippen LogP contribution >= 0.6 is 0 Å². The Balaban J connectivity index is 3.11. The molecule has 0 saturated carbocycles. The number of carbonyl (C=O) groups excluding carboxylic acids is 1. The summed E-state index contributed by atoms with van der Waals surface area (Å²) in [5.41, 5.74) is 1.25. The largest absolute Gasteiger partial charge is 0.398 e. The van der Waals surface area contributed by atoms with Gasteiger partial charge in [-0.25, -0.2) is 4.21 Å². The van der Waals surface area contributed by atoms with Crippen LogP contribution < -0.4 is 4.72 Å². The standard InChI is InChI=1S/C13H17N3O4S/c1-4-14-20-9-10-7-5-6-8-11(10)12(15-19-2)13(17)16-21(3)18/h4-8H,9H2,1-3H3,(H,16,17)/b14-4-,15-12+. The van der Waals surface area contributed by atoms with Crippen molar-refractivity contribution in [3.05, 3.63) is 35.4 Å². The van der Waals surface area contributed by atoms with Gasteiger partial charge in [0.05, 0.1) is 0 Å². The van der Waals surface area contributed by atoms with Crippen LogP contribution in [0, 0.1) is 0 Å². The molecule has 0 heterocycles. The lowest BCUT2D eigenvalue weighted by Crippen LogP contribution is -2.33. The van der Waals surface area contributed by atoms with E-state index >= 15 is 0 Å². The predicted molar refractivity (Wildman–Crippen MR) is 81.2 cm³/mol. The highest BCUT2D eigenvalue weighted by Gasteiger charge is 2.19. The highest BCUT2D eigenvalue weighted by Crippen LogP contribution is 2.12. The summed E-state index contributed by atoms with van der Waals surface area (Å²) in [7, 11) is -0.168. The lowest BCUT2D eigenvalue weighted by atomic mass is 10.0. The van der Waals surface area contributed by atoms with Gasteiger partial charge in [0.25, 0.3) is 5.91 Å². The average molecular weight is 311 g/mol. The van der Waals surface area contributed by atoms with Gasteiger partial charge in [0.2, 0.25) is 0 Å². The molecule has 0 aromatic heterocycles. The van der Waals surface area contributed by atoms with Crippen LogP contribution in [0.2, 0.25) is 0 Å². The molecule has 1 aromatic carbocycles. The molecule has 7 nitrogen and oxygen atoms in total. The molecular weight excluding hydrogens is 294 g/mol. The highest BCUT2D eigenvalue weighted by molar-refractivity contribution is 7.83. The zero-order chi connectivity index (χ0) is 15.7. The smallest absolute Gasteiger partial charge is 0.285 e.